The molecule has 102 valence electrons. The standard InChI is InChI=1S/C13H17N3O2S/c1-4-7-14-13(19)16-11-8-10(15-9(2)17)5-6-12(11)18-3/h4-6,8H,1,7H2,2-3H3,(H,15,17)(H2,14,16,19). The summed E-state index contributed by atoms with van der Waals surface area (Å²) in [4.78, 5) is 11.0. The van der Waals surface area contributed by atoms with Gasteiger partial charge in [-0.1, -0.05) is 6.08 Å². The molecule has 0 aliphatic heterocycles. The lowest BCUT2D eigenvalue weighted by molar-refractivity contribution is -0.114. The highest BCUT2D eigenvalue weighted by Gasteiger charge is 2.06. The van der Waals surface area contributed by atoms with Crippen molar-refractivity contribution in [1.29, 1.82) is 0 Å². The number of anilines is 2. The molecule has 0 heterocycles. The number of amides is 1. The molecule has 0 unspecified atom stereocenters. The SMILES string of the molecule is C=CCNC(=S)Nc1cc(NC(C)=O)ccc1OC. The number of benzene rings is 1. The Kier molecular flexibility index (Phi) is 5.81. The summed E-state index contributed by atoms with van der Waals surface area (Å²) in [6, 6.07) is 5.26. The molecule has 0 fully saturated rings. The van der Waals surface area contributed by atoms with E-state index in [1.807, 2.05) is 0 Å². The summed E-state index contributed by atoms with van der Waals surface area (Å²) in [7, 11) is 1.57. The molecule has 1 aromatic carbocycles. The van der Waals surface area contributed by atoms with Gasteiger partial charge in [-0.3, -0.25) is 4.79 Å². The van der Waals surface area contributed by atoms with E-state index in [2.05, 4.69) is 22.5 Å². The Hall–Kier alpha value is -2.08. The Balaban J connectivity index is 2.86. The van der Waals surface area contributed by atoms with Gasteiger partial charge in [0.15, 0.2) is 5.11 Å². The fourth-order valence-electron chi connectivity index (χ4n) is 1.42. The summed E-state index contributed by atoms with van der Waals surface area (Å²) in [5.41, 5.74) is 1.35. The lowest BCUT2D eigenvalue weighted by Crippen LogP contribution is -2.28. The fraction of sp³-hybridized carbons (Fsp3) is 0.231. The van der Waals surface area contributed by atoms with Crippen molar-refractivity contribution in [2.75, 3.05) is 24.3 Å². The van der Waals surface area contributed by atoms with Gasteiger partial charge in [-0.15, -0.1) is 6.58 Å². The van der Waals surface area contributed by atoms with Gasteiger partial charge in [-0.25, -0.2) is 0 Å². The molecule has 0 atom stereocenters. The zero-order chi connectivity index (χ0) is 14.3. The largest absolute Gasteiger partial charge is 0.495 e. The molecule has 0 saturated heterocycles. The molecule has 3 N–H and O–H groups in total. The molecule has 0 saturated carbocycles. The maximum absolute atomic E-state index is 11.0. The Labute approximate surface area is 118 Å². The highest BCUT2D eigenvalue weighted by atomic mass is 32.1. The zero-order valence-corrected chi connectivity index (χ0v) is 11.8. The highest BCUT2D eigenvalue weighted by molar-refractivity contribution is 7.80. The molecule has 0 aliphatic carbocycles. The van der Waals surface area contributed by atoms with Gasteiger partial charge in [0.05, 0.1) is 12.8 Å². The molecule has 5 nitrogen and oxygen atoms in total. The van der Waals surface area contributed by atoms with Gasteiger partial charge in [-0.05, 0) is 30.4 Å². The number of carbonyl (C=O) groups excluding carboxylic acids is 1. The van der Waals surface area contributed by atoms with Crippen LogP contribution in [0.5, 0.6) is 5.75 Å². The summed E-state index contributed by atoms with van der Waals surface area (Å²) in [6.45, 7) is 5.62. The van der Waals surface area contributed by atoms with E-state index in [0.29, 0.717) is 28.8 Å². The summed E-state index contributed by atoms with van der Waals surface area (Å²) < 4.78 is 5.23. The van der Waals surface area contributed by atoms with E-state index in [1.54, 1.807) is 31.4 Å². The Morgan fingerprint density at radius 3 is 2.79 bits per heavy atom. The first kappa shape index (κ1) is 15.0. The molecule has 1 rings (SSSR count). The lowest BCUT2D eigenvalue weighted by Gasteiger charge is -2.14. The average Bonchev–Trinajstić information content (AvgIpc) is 2.36. The second-order valence-electron chi connectivity index (χ2n) is 3.72. The maximum atomic E-state index is 11.0. The van der Waals surface area contributed by atoms with Crippen molar-refractivity contribution in [2.45, 2.75) is 6.92 Å². The molecule has 0 aliphatic rings. The Morgan fingerprint density at radius 2 is 2.21 bits per heavy atom. The number of ether oxygens (including phenoxy) is 1. The van der Waals surface area contributed by atoms with Crippen LogP contribution in [0.3, 0.4) is 0 Å². The summed E-state index contributed by atoms with van der Waals surface area (Å²) >= 11 is 5.13. The van der Waals surface area contributed by atoms with Gasteiger partial charge in [-0.2, -0.15) is 0 Å². The molecule has 1 amide bonds. The molecule has 0 aromatic heterocycles. The van der Waals surface area contributed by atoms with Crippen LogP contribution in [0, 0.1) is 0 Å². The smallest absolute Gasteiger partial charge is 0.221 e. The Bertz CT molecular complexity index is 489. The topological polar surface area (TPSA) is 62.4 Å². The summed E-state index contributed by atoms with van der Waals surface area (Å²) in [5.74, 6) is 0.500. The average molecular weight is 279 g/mol. The van der Waals surface area contributed by atoms with Crippen LogP contribution in [-0.4, -0.2) is 24.7 Å². The van der Waals surface area contributed by atoms with Crippen molar-refractivity contribution >= 4 is 34.6 Å². The number of hydrogen-bond donors (Lipinski definition) is 3. The zero-order valence-electron chi connectivity index (χ0n) is 10.9. The van der Waals surface area contributed by atoms with Crippen LogP contribution in [0.4, 0.5) is 11.4 Å². The molecule has 0 spiro atoms. The lowest BCUT2D eigenvalue weighted by atomic mass is 10.2. The van der Waals surface area contributed by atoms with Crippen LogP contribution in [0.25, 0.3) is 0 Å². The first-order chi connectivity index (χ1) is 9.06. The third-order valence-electron chi connectivity index (χ3n) is 2.18. The van der Waals surface area contributed by atoms with E-state index >= 15 is 0 Å². The quantitative estimate of drug-likeness (QED) is 0.569. The van der Waals surface area contributed by atoms with Crippen LogP contribution < -0.4 is 20.7 Å². The summed E-state index contributed by atoms with van der Waals surface area (Å²) in [5, 5.41) is 9.11. The van der Waals surface area contributed by atoms with E-state index < -0.39 is 0 Å². The van der Waals surface area contributed by atoms with Crippen LogP contribution in [0.1, 0.15) is 6.92 Å². The van der Waals surface area contributed by atoms with Gasteiger partial charge >= 0.3 is 0 Å². The van der Waals surface area contributed by atoms with Crippen LogP contribution in [-0.2, 0) is 4.79 Å². The van der Waals surface area contributed by atoms with Crippen LogP contribution in [0.15, 0.2) is 30.9 Å². The fourth-order valence-corrected chi connectivity index (χ4v) is 1.61. The minimum absolute atomic E-state index is 0.136. The third-order valence-corrected chi connectivity index (χ3v) is 2.42. The van der Waals surface area contributed by atoms with E-state index in [0.717, 1.165) is 0 Å². The number of methoxy groups -OCH3 is 1. The van der Waals surface area contributed by atoms with Crippen LogP contribution in [0.2, 0.25) is 0 Å². The molecular formula is C13H17N3O2S. The minimum atomic E-state index is -0.136. The Morgan fingerprint density at radius 1 is 1.47 bits per heavy atom. The number of carbonyl (C=O) groups is 1. The number of thiocarbonyl (C=S) groups is 1. The second kappa shape index (κ2) is 7.38. The van der Waals surface area contributed by atoms with Crippen LogP contribution >= 0.6 is 12.2 Å². The van der Waals surface area contributed by atoms with Crippen molar-refractivity contribution in [2.24, 2.45) is 0 Å². The van der Waals surface area contributed by atoms with Gasteiger partial charge < -0.3 is 20.7 Å². The molecule has 1 aromatic rings. The molecule has 0 bridgehead atoms. The van der Waals surface area contributed by atoms with Crippen molar-refractivity contribution in [1.82, 2.24) is 5.32 Å². The monoisotopic (exact) mass is 279 g/mol. The minimum Gasteiger partial charge on any atom is -0.495 e. The first-order valence-corrected chi connectivity index (χ1v) is 6.09. The molecular weight excluding hydrogens is 262 g/mol. The predicted molar refractivity (Wildman–Crippen MR) is 81.7 cm³/mol. The van der Waals surface area contributed by atoms with Gasteiger partial charge in [0.2, 0.25) is 5.91 Å². The van der Waals surface area contributed by atoms with E-state index in [1.165, 1.54) is 6.92 Å². The van der Waals surface area contributed by atoms with Crippen molar-refractivity contribution < 1.29 is 9.53 Å². The summed E-state index contributed by atoms with van der Waals surface area (Å²) in [6.07, 6.45) is 1.71. The van der Waals surface area contributed by atoms with Crippen molar-refractivity contribution in [3.8, 4) is 5.75 Å². The third kappa shape index (κ3) is 4.97. The van der Waals surface area contributed by atoms with E-state index in [-0.39, 0.29) is 5.91 Å². The maximum Gasteiger partial charge on any atom is 0.221 e. The second-order valence-corrected chi connectivity index (χ2v) is 4.13. The predicted octanol–water partition coefficient (Wildman–Crippen LogP) is 2.13. The number of rotatable bonds is 5. The molecule has 19 heavy (non-hydrogen) atoms. The first-order valence-electron chi connectivity index (χ1n) is 5.68. The van der Waals surface area contributed by atoms with Crippen molar-refractivity contribution in [3.63, 3.8) is 0 Å². The van der Waals surface area contributed by atoms with Gasteiger partial charge in [0, 0.05) is 19.2 Å². The normalized spacial score (nSPS) is 9.37. The molecule has 0 radical (unpaired) electrons. The highest BCUT2D eigenvalue weighted by Crippen LogP contribution is 2.27. The van der Waals surface area contributed by atoms with E-state index in [9.17, 15) is 4.79 Å². The van der Waals surface area contributed by atoms with Gasteiger partial charge in [0.1, 0.15) is 5.75 Å². The number of nitrogens with one attached hydrogen (secondary N) is 3. The van der Waals surface area contributed by atoms with E-state index in [4.69, 9.17) is 17.0 Å². The van der Waals surface area contributed by atoms with Gasteiger partial charge in [0.25, 0.3) is 0 Å². The molecule has 6 heteroatoms. The number of hydrogen-bond acceptors (Lipinski definition) is 3. The van der Waals surface area contributed by atoms with Crippen molar-refractivity contribution in [3.05, 3.63) is 30.9 Å².